The summed E-state index contributed by atoms with van der Waals surface area (Å²) in [4.78, 5) is 0. The molecule has 0 saturated carbocycles. The summed E-state index contributed by atoms with van der Waals surface area (Å²) in [5.74, 6) is 0. The van der Waals surface area contributed by atoms with Crippen LogP contribution in [0.25, 0.3) is 0 Å². The molecule has 0 aliphatic rings. The van der Waals surface area contributed by atoms with Crippen LogP contribution in [0, 0.1) is 0 Å². The monoisotopic (exact) mass is 294 g/mol. The molecule has 2 nitrogen and oxygen atoms in total. The molecule has 0 aromatic heterocycles. The van der Waals surface area contributed by atoms with Crippen LogP contribution in [0.1, 0.15) is 32.4 Å². The molecule has 1 aromatic rings. The third-order valence-electron chi connectivity index (χ3n) is 2.32. The van der Waals surface area contributed by atoms with Crippen molar-refractivity contribution in [3.05, 3.63) is 35.9 Å². The first-order valence-corrected chi connectivity index (χ1v) is 6.35. The van der Waals surface area contributed by atoms with Crippen LogP contribution in [0.5, 0.6) is 0 Å². The topological polar surface area (TPSA) is 23.1 Å². The predicted molar refractivity (Wildman–Crippen MR) is 71.8 cm³/mol. The maximum Gasteiger partial charge on any atom is 0.212 e. The predicted octanol–water partition coefficient (Wildman–Crippen LogP) is 4.54. The average Bonchev–Trinajstić information content (AvgIpc) is 2.15. The van der Waals surface area contributed by atoms with E-state index in [0.717, 1.165) is 5.06 Å². The summed E-state index contributed by atoms with van der Waals surface area (Å²) in [5.41, 5.74) is 0.0576. The lowest BCUT2D eigenvalue weighted by Gasteiger charge is -2.37. The van der Waals surface area contributed by atoms with E-state index < -0.39 is 15.4 Å². The summed E-state index contributed by atoms with van der Waals surface area (Å²) >= 11 is 17.8. The number of hydroxylamine groups is 2. The second-order valence-electron chi connectivity index (χ2n) is 4.85. The van der Waals surface area contributed by atoms with E-state index >= 15 is 0 Å². The third kappa shape index (κ3) is 4.01. The van der Waals surface area contributed by atoms with E-state index in [9.17, 15) is 5.21 Å². The Morgan fingerprint density at radius 1 is 1.06 bits per heavy atom. The van der Waals surface area contributed by atoms with Crippen LogP contribution in [0.15, 0.2) is 30.3 Å². The summed E-state index contributed by atoms with van der Waals surface area (Å²) in [7, 11) is 0. The Morgan fingerprint density at radius 3 is 1.88 bits per heavy atom. The zero-order valence-corrected chi connectivity index (χ0v) is 12.2. The molecule has 0 aliphatic carbocycles. The van der Waals surface area contributed by atoms with E-state index in [1.165, 1.54) is 0 Å². The molecule has 1 radical (unpaired) electrons. The SMILES string of the molecule is CC(C)(C)N([O])C(c1ccccc1)C(Cl)(Cl)Cl. The van der Waals surface area contributed by atoms with Crippen LogP contribution < -0.4 is 0 Å². The lowest BCUT2D eigenvalue weighted by Crippen LogP contribution is -2.45. The number of nitrogens with zero attached hydrogens (tertiary/aromatic N) is 1. The van der Waals surface area contributed by atoms with Crippen LogP contribution in [0.2, 0.25) is 0 Å². The van der Waals surface area contributed by atoms with Crippen LogP contribution >= 0.6 is 34.8 Å². The van der Waals surface area contributed by atoms with Crippen molar-refractivity contribution in [3.63, 3.8) is 0 Å². The summed E-state index contributed by atoms with van der Waals surface area (Å²) in [6.45, 7) is 5.35. The molecule has 17 heavy (non-hydrogen) atoms. The minimum Gasteiger partial charge on any atom is -0.138 e. The zero-order valence-electron chi connectivity index (χ0n) is 9.95. The van der Waals surface area contributed by atoms with Gasteiger partial charge in [-0.3, -0.25) is 0 Å². The Morgan fingerprint density at radius 2 is 1.53 bits per heavy atom. The molecular weight excluding hydrogens is 280 g/mol. The molecule has 0 spiro atoms. The Hall–Kier alpha value is 0.01000. The first kappa shape index (κ1) is 15.1. The Balaban J connectivity index is 3.15. The van der Waals surface area contributed by atoms with Crippen molar-refractivity contribution in [1.82, 2.24) is 5.06 Å². The number of hydrogen-bond donors (Lipinski definition) is 0. The maximum atomic E-state index is 12.3. The molecule has 0 amide bonds. The molecule has 0 saturated heterocycles. The van der Waals surface area contributed by atoms with Crippen molar-refractivity contribution in [2.24, 2.45) is 0 Å². The zero-order chi connectivity index (χ0) is 13.3. The Bertz CT molecular complexity index is 356. The molecule has 1 unspecified atom stereocenters. The summed E-state index contributed by atoms with van der Waals surface area (Å²) in [6, 6.07) is 8.22. The molecular formula is C12H15Cl3NO. The normalized spacial score (nSPS) is 15.1. The molecule has 1 rings (SSSR count). The van der Waals surface area contributed by atoms with Crippen LogP contribution in [0.4, 0.5) is 0 Å². The molecule has 0 heterocycles. The van der Waals surface area contributed by atoms with Crippen molar-refractivity contribution in [3.8, 4) is 0 Å². The molecule has 0 N–H and O–H groups in total. The van der Waals surface area contributed by atoms with E-state index in [4.69, 9.17) is 34.8 Å². The van der Waals surface area contributed by atoms with Gasteiger partial charge in [0.05, 0.1) is 0 Å². The van der Waals surface area contributed by atoms with Crippen molar-refractivity contribution in [1.29, 1.82) is 0 Å². The van der Waals surface area contributed by atoms with Gasteiger partial charge in [0.25, 0.3) is 0 Å². The fraction of sp³-hybridized carbons (Fsp3) is 0.500. The molecule has 0 bridgehead atoms. The number of hydrogen-bond acceptors (Lipinski definition) is 1. The maximum absolute atomic E-state index is 12.3. The lowest BCUT2D eigenvalue weighted by molar-refractivity contribution is -0.241. The van der Waals surface area contributed by atoms with Crippen LogP contribution in [0.3, 0.4) is 0 Å². The number of benzene rings is 1. The number of alkyl halides is 3. The molecule has 1 aromatic carbocycles. The van der Waals surface area contributed by atoms with Crippen molar-refractivity contribution >= 4 is 34.8 Å². The van der Waals surface area contributed by atoms with E-state index in [-0.39, 0.29) is 0 Å². The molecule has 0 aliphatic heterocycles. The Labute approximate surface area is 117 Å². The van der Waals surface area contributed by atoms with E-state index in [1.54, 1.807) is 32.9 Å². The molecule has 95 valence electrons. The number of halogens is 3. The van der Waals surface area contributed by atoms with Crippen molar-refractivity contribution in [2.75, 3.05) is 0 Å². The smallest absolute Gasteiger partial charge is 0.138 e. The van der Waals surface area contributed by atoms with Crippen molar-refractivity contribution in [2.45, 2.75) is 36.1 Å². The third-order valence-corrected chi connectivity index (χ3v) is 2.94. The molecule has 5 heteroatoms. The van der Waals surface area contributed by atoms with Gasteiger partial charge < -0.3 is 0 Å². The van der Waals surface area contributed by atoms with Crippen LogP contribution in [-0.2, 0) is 5.21 Å². The Kier molecular flexibility index (Phi) is 4.73. The first-order valence-electron chi connectivity index (χ1n) is 5.22. The highest BCUT2D eigenvalue weighted by Gasteiger charge is 2.43. The fourth-order valence-corrected chi connectivity index (χ4v) is 2.12. The van der Waals surface area contributed by atoms with Gasteiger partial charge in [-0.2, -0.15) is 0 Å². The minimum atomic E-state index is -1.67. The largest absolute Gasteiger partial charge is 0.212 e. The lowest BCUT2D eigenvalue weighted by atomic mass is 10.0. The number of rotatable bonds is 2. The second-order valence-corrected chi connectivity index (χ2v) is 7.22. The van der Waals surface area contributed by atoms with E-state index in [1.807, 2.05) is 18.2 Å². The minimum absolute atomic E-state index is 0.634. The van der Waals surface area contributed by atoms with Gasteiger partial charge in [0, 0.05) is 5.54 Å². The van der Waals surface area contributed by atoms with Crippen molar-refractivity contribution < 1.29 is 5.21 Å². The molecule has 1 atom stereocenters. The highest BCUT2D eigenvalue weighted by atomic mass is 35.6. The van der Waals surface area contributed by atoms with Gasteiger partial charge in [-0.15, -0.1) is 10.3 Å². The van der Waals surface area contributed by atoms with Gasteiger partial charge in [-0.25, -0.2) is 0 Å². The summed E-state index contributed by atoms with van der Waals surface area (Å²) < 4.78 is -1.67. The van der Waals surface area contributed by atoms with Gasteiger partial charge in [0.2, 0.25) is 3.79 Å². The summed E-state index contributed by atoms with van der Waals surface area (Å²) in [5, 5.41) is 13.1. The summed E-state index contributed by atoms with van der Waals surface area (Å²) in [6.07, 6.45) is 0. The van der Waals surface area contributed by atoms with Gasteiger partial charge in [-0.05, 0) is 26.3 Å². The first-order chi connectivity index (χ1) is 7.64. The van der Waals surface area contributed by atoms with E-state index in [0.29, 0.717) is 5.56 Å². The van der Waals surface area contributed by atoms with E-state index in [2.05, 4.69) is 0 Å². The van der Waals surface area contributed by atoms with Gasteiger partial charge in [-0.1, -0.05) is 65.1 Å². The van der Waals surface area contributed by atoms with Gasteiger partial charge >= 0.3 is 0 Å². The molecule has 0 fully saturated rings. The fourth-order valence-electron chi connectivity index (χ4n) is 1.48. The van der Waals surface area contributed by atoms with Crippen LogP contribution in [-0.4, -0.2) is 14.4 Å². The average molecular weight is 296 g/mol. The quantitative estimate of drug-likeness (QED) is 0.580. The second kappa shape index (κ2) is 5.33. The highest BCUT2D eigenvalue weighted by molar-refractivity contribution is 6.68. The highest BCUT2D eigenvalue weighted by Crippen LogP contribution is 2.45. The van der Waals surface area contributed by atoms with Gasteiger partial charge in [0.15, 0.2) is 0 Å². The van der Waals surface area contributed by atoms with Gasteiger partial charge in [0.1, 0.15) is 6.04 Å². The standard InChI is InChI=1S/C12H15Cl3NO/c1-11(2,3)16(17)10(12(13,14)15)9-7-5-4-6-8-9/h4-8,10H,1-3H3.